The molecule has 1 aromatic rings. The van der Waals surface area contributed by atoms with Crippen LogP contribution in [0, 0.1) is 0 Å². The highest BCUT2D eigenvalue weighted by Gasteiger charge is 2.20. The topological polar surface area (TPSA) is 24.5 Å². The van der Waals surface area contributed by atoms with Crippen molar-refractivity contribution in [2.45, 2.75) is 26.0 Å². The first-order valence-corrected chi connectivity index (χ1v) is 8.19. The van der Waals surface area contributed by atoms with Crippen molar-refractivity contribution < 1.29 is 4.74 Å². The van der Waals surface area contributed by atoms with Gasteiger partial charge in [-0.25, -0.2) is 0 Å². The molecule has 0 saturated carbocycles. The van der Waals surface area contributed by atoms with Gasteiger partial charge in [0.15, 0.2) is 0 Å². The molecule has 0 spiro atoms. The van der Waals surface area contributed by atoms with Gasteiger partial charge in [0.05, 0.1) is 21.4 Å². The second kappa shape index (κ2) is 7.25. The van der Waals surface area contributed by atoms with Gasteiger partial charge in [0.1, 0.15) is 0 Å². The quantitative estimate of drug-likeness (QED) is 0.898. The highest BCUT2D eigenvalue weighted by atomic mass is 35.5. The zero-order valence-electron chi connectivity index (χ0n) is 11.3. The summed E-state index contributed by atoms with van der Waals surface area (Å²) in [6.45, 7) is 9.06. The maximum Gasteiger partial charge on any atom is 0.0991 e. The van der Waals surface area contributed by atoms with Crippen molar-refractivity contribution in [1.29, 1.82) is 0 Å². The molecule has 108 valence electrons. The van der Waals surface area contributed by atoms with Crippen LogP contribution in [0.3, 0.4) is 0 Å². The van der Waals surface area contributed by atoms with Crippen LogP contribution in [0.1, 0.15) is 25.5 Å². The number of nitrogens with one attached hydrogen (secondary N) is 1. The molecular weight excluding hydrogens is 303 g/mol. The van der Waals surface area contributed by atoms with E-state index in [2.05, 4.69) is 24.1 Å². The highest BCUT2D eigenvalue weighted by molar-refractivity contribution is 7.20. The van der Waals surface area contributed by atoms with Crippen molar-refractivity contribution in [3.63, 3.8) is 0 Å². The lowest BCUT2D eigenvalue weighted by Crippen LogP contribution is -2.46. The molecule has 0 bridgehead atoms. The van der Waals surface area contributed by atoms with Gasteiger partial charge >= 0.3 is 0 Å². The van der Waals surface area contributed by atoms with Crippen LogP contribution in [0.25, 0.3) is 0 Å². The Morgan fingerprint density at radius 3 is 3.00 bits per heavy atom. The van der Waals surface area contributed by atoms with E-state index in [-0.39, 0.29) is 12.1 Å². The predicted molar refractivity (Wildman–Crippen MR) is 82.6 cm³/mol. The zero-order valence-corrected chi connectivity index (χ0v) is 13.6. The van der Waals surface area contributed by atoms with Crippen LogP contribution < -0.4 is 5.32 Å². The smallest absolute Gasteiger partial charge is 0.0991 e. The second-order valence-electron chi connectivity index (χ2n) is 4.80. The molecule has 1 aliphatic rings. The summed E-state index contributed by atoms with van der Waals surface area (Å²) in [6, 6.07) is 2.13. The fourth-order valence-corrected chi connectivity index (χ4v) is 3.90. The molecule has 1 N–H and O–H groups in total. The Hall–Kier alpha value is 0.160. The molecule has 2 rings (SSSR count). The molecule has 19 heavy (non-hydrogen) atoms. The van der Waals surface area contributed by atoms with Crippen molar-refractivity contribution in [3.05, 3.63) is 20.3 Å². The first-order valence-electron chi connectivity index (χ1n) is 6.62. The lowest BCUT2D eigenvalue weighted by molar-refractivity contribution is -0.0261. The van der Waals surface area contributed by atoms with Gasteiger partial charge in [0.2, 0.25) is 0 Å². The van der Waals surface area contributed by atoms with Gasteiger partial charge in [-0.3, -0.25) is 4.90 Å². The van der Waals surface area contributed by atoms with E-state index in [9.17, 15) is 0 Å². The van der Waals surface area contributed by atoms with E-state index in [4.69, 9.17) is 27.9 Å². The molecule has 0 aliphatic carbocycles. The normalized spacial score (nSPS) is 22.6. The first kappa shape index (κ1) is 15.5. The van der Waals surface area contributed by atoms with Crippen molar-refractivity contribution >= 4 is 34.5 Å². The Labute approximate surface area is 128 Å². The van der Waals surface area contributed by atoms with Gasteiger partial charge in [-0.1, -0.05) is 30.1 Å². The lowest BCUT2D eigenvalue weighted by atomic mass is 10.1. The minimum Gasteiger partial charge on any atom is -0.374 e. The maximum atomic E-state index is 6.16. The zero-order chi connectivity index (χ0) is 13.8. The summed E-state index contributed by atoms with van der Waals surface area (Å²) in [5.41, 5.74) is 1.07. The molecule has 0 aromatic carbocycles. The molecular formula is C13H20Cl2N2OS. The van der Waals surface area contributed by atoms with Crippen molar-refractivity contribution in [1.82, 2.24) is 10.2 Å². The molecule has 6 heteroatoms. The monoisotopic (exact) mass is 322 g/mol. The van der Waals surface area contributed by atoms with E-state index in [0.29, 0.717) is 0 Å². The number of morpholine rings is 1. The number of nitrogens with zero attached hydrogens (tertiary/aromatic N) is 1. The number of ether oxygens (including phenoxy) is 1. The molecule has 1 aliphatic heterocycles. The largest absolute Gasteiger partial charge is 0.374 e. The van der Waals surface area contributed by atoms with Crippen LogP contribution in [0.2, 0.25) is 8.67 Å². The molecule has 1 fully saturated rings. The summed E-state index contributed by atoms with van der Waals surface area (Å²) in [5, 5.41) is 3.48. The van der Waals surface area contributed by atoms with Crippen LogP contribution in [-0.2, 0) is 4.74 Å². The standard InChI is InChI=1S/C13H20Cl2N2OS/c1-3-17-4-5-18-10(8-17)7-16-9(2)11-6-12(14)19-13(11)15/h6,9-10,16H,3-5,7-8H2,1-2H3. The third kappa shape index (κ3) is 4.31. The second-order valence-corrected chi connectivity index (χ2v) is 7.08. The van der Waals surface area contributed by atoms with Crippen LogP contribution in [0.15, 0.2) is 6.07 Å². The Bertz CT molecular complexity index is 413. The van der Waals surface area contributed by atoms with Gasteiger partial charge in [-0.05, 0) is 25.1 Å². The number of hydrogen-bond acceptors (Lipinski definition) is 4. The Balaban J connectivity index is 1.83. The summed E-state index contributed by atoms with van der Waals surface area (Å²) in [5.74, 6) is 0. The molecule has 1 saturated heterocycles. The van der Waals surface area contributed by atoms with E-state index >= 15 is 0 Å². The minimum atomic E-state index is 0.192. The van der Waals surface area contributed by atoms with E-state index in [1.165, 1.54) is 11.3 Å². The Morgan fingerprint density at radius 2 is 2.37 bits per heavy atom. The molecule has 0 radical (unpaired) electrons. The predicted octanol–water partition coefficient (Wildman–Crippen LogP) is 3.43. The average molecular weight is 323 g/mol. The first-order chi connectivity index (χ1) is 9.10. The molecule has 2 heterocycles. The van der Waals surface area contributed by atoms with E-state index in [1.807, 2.05) is 6.07 Å². The van der Waals surface area contributed by atoms with Crippen LogP contribution >= 0.6 is 34.5 Å². The summed E-state index contributed by atoms with van der Waals surface area (Å²) in [4.78, 5) is 2.41. The van der Waals surface area contributed by atoms with Crippen LogP contribution in [0.5, 0.6) is 0 Å². The summed E-state index contributed by atoms with van der Waals surface area (Å²) in [6.07, 6.45) is 0.254. The van der Waals surface area contributed by atoms with Gasteiger partial charge in [-0.2, -0.15) is 0 Å². The van der Waals surface area contributed by atoms with E-state index in [0.717, 1.165) is 47.0 Å². The summed E-state index contributed by atoms with van der Waals surface area (Å²) < 4.78 is 7.28. The number of halogens is 2. The molecule has 2 atom stereocenters. The number of rotatable bonds is 5. The molecule has 0 amide bonds. The maximum absolute atomic E-state index is 6.16. The lowest BCUT2D eigenvalue weighted by Gasteiger charge is -2.32. The molecule has 2 unspecified atom stereocenters. The van der Waals surface area contributed by atoms with Crippen LogP contribution in [-0.4, -0.2) is 43.8 Å². The van der Waals surface area contributed by atoms with E-state index < -0.39 is 0 Å². The average Bonchev–Trinajstić information content (AvgIpc) is 2.75. The summed E-state index contributed by atoms with van der Waals surface area (Å²) >= 11 is 13.5. The van der Waals surface area contributed by atoms with Crippen LogP contribution in [0.4, 0.5) is 0 Å². The van der Waals surface area contributed by atoms with Crippen molar-refractivity contribution in [2.24, 2.45) is 0 Å². The van der Waals surface area contributed by atoms with Gasteiger partial charge < -0.3 is 10.1 Å². The van der Waals surface area contributed by atoms with Crippen molar-refractivity contribution in [3.8, 4) is 0 Å². The van der Waals surface area contributed by atoms with Gasteiger partial charge in [-0.15, -0.1) is 11.3 Å². The van der Waals surface area contributed by atoms with Gasteiger partial charge in [0, 0.05) is 25.7 Å². The van der Waals surface area contributed by atoms with E-state index in [1.54, 1.807) is 0 Å². The third-order valence-electron chi connectivity index (χ3n) is 3.47. The fourth-order valence-electron chi connectivity index (χ4n) is 2.26. The number of thiophene rings is 1. The Kier molecular flexibility index (Phi) is 5.93. The SMILES string of the molecule is CCN1CCOC(CNC(C)c2cc(Cl)sc2Cl)C1. The summed E-state index contributed by atoms with van der Waals surface area (Å²) in [7, 11) is 0. The Morgan fingerprint density at radius 1 is 1.58 bits per heavy atom. The third-order valence-corrected chi connectivity index (χ3v) is 4.99. The molecule has 1 aromatic heterocycles. The number of hydrogen-bond donors (Lipinski definition) is 1. The molecule has 3 nitrogen and oxygen atoms in total. The van der Waals surface area contributed by atoms with Gasteiger partial charge in [0.25, 0.3) is 0 Å². The fraction of sp³-hybridized carbons (Fsp3) is 0.692. The number of likely N-dealkylation sites (N-methyl/N-ethyl adjacent to an activating group) is 1. The minimum absolute atomic E-state index is 0.192. The van der Waals surface area contributed by atoms with Crippen molar-refractivity contribution in [2.75, 3.05) is 32.8 Å². The highest BCUT2D eigenvalue weighted by Crippen LogP contribution is 2.34.